The maximum atomic E-state index is 12.7. The van der Waals surface area contributed by atoms with E-state index in [0.717, 1.165) is 32.1 Å². The Balaban J connectivity index is 0.00000243. The van der Waals surface area contributed by atoms with Crippen LogP contribution in [0.2, 0.25) is 0 Å². The number of piperidine rings is 1. The number of nitro benzene ring substituents is 1. The number of nitrogens with zero attached hydrogens (tertiary/aromatic N) is 2. The molecule has 1 aromatic carbocycles. The van der Waals surface area contributed by atoms with Crippen LogP contribution in [0.15, 0.2) is 24.3 Å². The van der Waals surface area contributed by atoms with Gasteiger partial charge in [0.2, 0.25) is 5.91 Å². The van der Waals surface area contributed by atoms with Gasteiger partial charge in [0.25, 0.3) is 5.69 Å². The first-order valence-corrected chi connectivity index (χ1v) is 8.98. The molecule has 3 rings (SSSR count). The molecular weight excluding hydrogens is 358 g/mol. The standard InChI is InChI=1S/C18H25N3O4.ClH/c19-12-13-2-1-3-17(13)18(22)20-10-8-16(9-11-20)25-15-6-4-14(5-7-15)21(23)24;/h4-7,13,16-17H,1-3,8-12,19H2;1H/t13-,17-;/m1./s1. The zero-order valence-corrected chi connectivity index (χ0v) is 15.5. The van der Waals surface area contributed by atoms with Crippen LogP contribution in [0.25, 0.3) is 0 Å². The summed E-state index contributed by atoms with van der Waals surface area (Å²) in [7, 11) is 0. The van der Waals surface area contributed by atoms with E-state index >= 15 is 0 Å². The van der Waals surface area contributed by atoms with E-state index in [2.05, 4.69) is 0 Å². The number of non-ortho nitro benzene ring substituents is 1. The van der Waals surface area contributed by atoms with E-state index in [0.29, 0.717) is 31.3 Å². The normalized spacial score (nSPS) is 23.3. The monoisotopic (exact) mass is 383 g/mol. The second-order valence-corrected chi connectivity index (χ2v) is 6.93. The van der Waals surface area contributed by atoms with Gasteiger partial charge in [-0.05, 0) is 37.4 Å². The van der Waals surface area contributed by atoms with Crippen molar-refractivity contribution in [1.82, 2.24) is 4.90 Å². The molecule has 1 amide bonds. The Labute approximate surface area is 159 Å². The summed E-state index contributed by atoms with van der Waals surface area (Å²) in [5, 5.41) is 10.7. The number of likely N-dealkylation sites (tertiary alicyclic amines) is 1. The number of benzene rings is 1. The Morgan fingerprint density at radius 1 is 1.19 bits per heavy atom. The predicted molar refractivity (Wildman–Crippen MR) is 100 cm³/mol. The van der Waals surface area contributed by atoms with Gasteiger partial charge in [-0.2, -0.15) is 0 Å². The van der Waals surface area contributed by atoms with Crippen molar-refractivity contribution in [3.63, 3.8) is 0 Å². The van der Waals surface area contributed by atoms with Crippen LogP contribution in [0.4, 0.5) is 5.69 Å². The molecule has 26 heavy (non-hydrogen) atoms. The molecule has 2 atom stereocenters. The zero-order chi connectivity index (χ0) is 17.8. The number of nitro groups is 1. The fourth-order valence-electron chi connectivity index (χ4n) is 3.91. The molecule has 8 heteroatoms. The Morgan fingerprint density at radius 2 is 1.85 bits per heavy atom. The Hall–Kier alpha value is -1.86. The van der Waals surface area contributed by atoms with Gasteiger partial charge in [-0.15, -0.1) is 12.4 Å². The molecule has 2 aliphatic rings. The maximum absolute atomic E-state index is 12.7. The van der Waals surface area contributed by atoms with Crippen molar-refractivity contribution in [1.29, 1.82) is 0 Å². The third kappa shape index (κ3) is 4.65. The number of hydrogen-bond donors (Lipinski definition) is 1. The van der Waals surface area contributed by atoms with Crippen molar-refractivity contribution < 1.29 is 14.5 Å². The molecule has 0 spiro atoms. The van der Waals surface area contributed by atoms with Gasteiger partial charge in [0.15, 0.2) is 0 Å². The van der Waals surface area contributed by atoms with Crippen LogP contribution in [0, 0.1) is 22.0 Å². The molecular formula is C18H26ClN3O4. The van der Waals surface area contributed by atoms with E-state index in [1.807, 2.05) is 4.90 Å². The van der Waals surface area contributed by atoms with Gasteiger partial charge in [0.1, 0.15) is 11.9 Å². The molecule has 0 aromatic heterocycles. The van der Waals surface area contributed by atoms with Crippen molar-refractivity contribution in [2.75, 3.05) is 19.6 Å². The third-order valence-electron chi connectivity index (χ3n) is 5.38. The first kappa shape index (κ1) is 20.5. The van der Waals surface area contributed by atoms with Crippen LogP contribution in [0.1, 0.15) is 32.1 Å². The third-order valence-corrected chi connectivity index (χ3v) is 5.38. The number of amides is 1. The average Bonchev–Trinajstić information content (AvgIpc) is 3.11. The van der Waals surface area contributed by atoms with E-state index in [-0.39, 0.29) is 36.0 Å². The first-order chi connectivity index (χ1) is 12.1. The van der Waals surface area contributed by atoms with E-state index in [1.165, 1.54) is 12.1 Å². The number of rotatable bonds is 5. The molecule has 1 aliphatic carbocycles. The lowest BCUT2D eigenvalue weighted by Gasteiger charge is -2.34. The van der Waals surface area contributed by atoms with Crippen LogP contribution in [0.5, 0.6) is 5.75 Å². The lowest BCUT2D eigenvalue weighted by Crippen LogP contribution is -2.45. The topological polar surface area (TPSA) is 98.7 Å². The molecule has 0 radical (unpaired) electrons. The molecule has 1 saturated carbocycles. The van der Waals surface area contributed by atoms with Crippen molar-refractivity contribution in [2.24, 2.45) is 17.6 Å². The number of ether oxygens (including phenoxy) is 1. The van der Waals surface area contributed by atoms with Crippen LogP contribution < -0.4 is 10.5 Å². The molecule has 2 N–H and O–H groups in total. The summed E-state index contributed by atoms with van der Waals surface area (Å²) >= 11 is 0. The SMILES string of the molecule is Cl.NC[C@H]1CCC[C@H]1C(=O)N1CCC(Oc2ccc([N+](=O)[O-])cc2)CC1. The second-order valence-electron chi connectivity index (χ2n) is 6.93. The van der Waals surface area contributed by atoms with Crippen molar-refractivity contribution in [3.05, 3.63) is 34.4 Å². The lowest BCUT2D eigenvalue weighted by atomic mass is 9.93. The molecule has 1 aliphatic heterocycles. The van der Waals surface area contributed by atoms with Crippen LogP contribution >= 0.6 is 12.4 Å². The van der Waals surface area contributed by atoms with Crippen molar-refractivity contribution in [2.45, 2.75) is 38.2 Å². The maximum Gasteiger partial charge on any atom is 0.269 e. The molecule has 2 fully saturated rings. The number of carbonyl (C=O) groups is 1. The van der Waals surface area contributed by atoms with Crippen molar-refractivity contribution >= 4 is 24.0 Å². The van der Waals surface area contributed by atoms with E-state index < -0.39 is 4.92 Å². The molecule has 1 saturated heterocycles. The summed E-state index contributed by atoms with van der Waals surface area (Å²) in [6, 6.07) is 6.14. The summed E-state index contributed by atoms with van der Waals surface area (Å²) in [5.41, 5.74) is 5.85. The van der Waals surface area contributed by atoms with E-state index in [4.69, 9.17) is 10.5 Å². The number of halogens is 1. The number of nitrogens with two attached hydrogens (primary N) is 1. The highest BCUT2D eigenvalue weighted by Crippen LogP contribution is 2.33. The second kappa shape index (κ2) is 9.19. The zero-order valence-electron chi connectivity index (χ0n) is 14.7. The van der Waals surface area contributed by atoms with Gasteiger partial charge in [0, 0.05) is 44.0 Å². The Kier molecular flexibility index (Phi) is 7.23. The minimum atomic E-state index is -0.425. The average molecular weight is 384 g/mol. The van der Waals surface area contributed by atoms with Crippen LogP contribution in [-0.2, 0) is 4.79 Å². The highest BCUT2D eigenvalue weighted by molar-refractivity contribution is 5.85. The van der Waals surface area contributed by atoms with Gasteiger partial charge in [-0.25, -0.2) is 0 Å². The van der Waals surface area contributed by atoms with Gasteiger partial charge in [-0.1, -0.05) is 6.42 Å². The summed E-state index contributed by atoms with van der Waals surface area (Å²) in [6.07, 6.45) is 4.72. The fraction of sp³-hybridized carbons (Fsp3) is 0.611. The smallest absolute Gasteiger partial charge is 0.269 e. The summed E-state index contributed by atoms with van der Waals surface area (Å²) in [5.74, 6) is 1.31. The van der Waals surface area contributed by atoms with Gasteiger partial charge in [-0.3, -0.25) is 14.9 Å². The van der Waals surface area contributed by atoms with E-state index in [1.54, 1.807) is 12.1 Å². The molecule has 0 unspecified atom stereocenters. The van der Waals surface area contributed by atoms with Crippen LogP contribution in [0.3, 0.4) is 0 Å². The van der Waals surface area contributed by atoms with Gasteiger partial charge < -0.3 is 15.4 Å². The predicted octanol–water partition coefficient (Wildman–Crippen LogP) is 2.76. The summed E-state index contributed by atoms with van der Waals surface area (Å²) in [4.78, 5) is 24.9. The van der Waals surface area contributed by atoms with E-state index in [9.17, 15) is 14.9 Å². The highest BCUT2D eigenvalue weighted by atomic mass is 35.5. The molecule has 7 nitrogen and oxygen atoms in total. The molecule has 1 heterocycles. The van der Waals surface area contributed by atoms with Crippen molar-refractivity contribution in [3.8, 4) is 5.75 Å². The molecule has 1 aromatic rings. The minimum Gasteiger partial charge on any atom is -0.490 e. The Morgan fingerprint density at radius 3 is 2.42 bits per heavy atom. The molecule has 144 valence electrons. The van der Waals surface area contributed by atoms with Gasteiger partial charge in [0.05, 0.1) is 4.92 Å². The first-order valence-electron chi connectivity index (χ1n) is 8.98. The molecule has 0 bridgehead atoms. The van der Waals surface area contributed by atoms with Gasteiger partial charge >= 0.3 is 0 Å². The summed E-state index contributed by atoms with van der Waals surface area (Å²) < 4.78 is 5.91. The quantitative estimate of drug-likeness (QED) is 0.622. The minimum absolute atomic E-state index is 0. The lowest BCUT2D eigenvalue weighted by molar-refractivity contribution is -0.384. The summed E-state index contributed by atoms with van der Waals surface area (Å²) in [6.45, 7) is 1.99. The Bertz CT molecular complexity index is 617. The van der Waals surface area contributed by atoms with Crippen LogP contribution in [-0.4, -0.2) is 41.5 Å². The highest BCUT2D eigenvalue weighted by Gasteiger charge is 2.36. The fourth-order valence-corrected chi connectivity index (χ4v) is 3.91. The number of carbonyl (C=O) groups excluding carboxylic acids is 1. The number of hydrogen-bond acceptors (Lipinski definition) is 5. The largest absolute Gasteiger partial charge is 0.490 e.